The number of fused-ring (bicyclic) bond motifs is 1. The predicted octanol–water partition coefficient (Wildman–Crippen LogP) is 2.14. The number of hydrogen-bond donors (Lipinski definition) is 2. The van der Waals surface area contributed by atoms with Crippen LogP contribution in [0.4, 0.5) is 5.13 Å². The van der Waals surface area contributed by atoms with Crippen LogP contribution in [0.3, 0.4) is 0 Å². The fraction of sp³-hybridized carbons (Fsp3) is 0.615. The molecule has 2 fully saturated rings. The highest BCUT2D eigenvalue weighted by Gasteiger charge is 2.54. The van der Waals surface area contributed by atoms with Crippen molar-refractivity contribution < 1.29 is 14.7 Å². The molecule has 2 atom stereocenters. The van der Waals surface area contributed by atoms with Crippen molar-refractivity contribution in [3.05, 3.63) is 11.1 Å². The number of nitrogens with zero attached hydrogens (tertiary/aromatic N) is 1. The highest BCUT2D eigenvalue weighted by atomic mass is 32.1. The van der Waals surface area contributed by atoms with E-state index in [-0.39, 0.29) is 18.2 Å². The smallest absolute Gasteiger partial charge is 0.309 e. The second kappa shape index (κ2) is 4.92. The van der Waals surface area contributed by atoms with E-state index in [2.05, 4.69) is 10.3 Å². The van der Waals surface area contributed by atoms with Crippen molar-refractivity contribution in [2.24, 2.45) is 17.8 Å². The summed E-state index contributed by atoms with van der Waals surface area (Å²) in [5.74, 6) is 0.471. The number of carbonyl (C=O) groups excluding carboxylic acids is 1. The molecule has 2 N–H and O–H groups in total. The number of carboxylic acids is 1. The van der Waals surface area contributed by atoms with Gasteiger partial charge in [-0.05, 0) is 24.7 Å². The number of carbonyl (C=O) groups is 2. The standard InChI is InChI=1S/C13H16N2O3S/c16-10(17)5-7-6-19-13(14-7)15-12(18)11-8-3-1-2-4-9(8)11/h6,8-9,11H,1-5H2,(H,16,17)(H,14,15,18). The number of aromatic nitrogens is 1. The van der Waals surface area contributed by atoms with Crippen LogP contribution < -0.4 is 5.32 Å². The SMILES string of the molecule is O=C(O)Cc1csc(NC(=O)C2C3CCCCC32)n1. The number of anilines is 1. The van der Waals surface area contributed by atoms with Gasteiger partial charge in [0.1, 0.15) is 0 Å². The molecule has 102 valence electrons. The highest BCUT2D eigenvalue weighted by Crippen LogP contribution is 2.55. The Morgan fingerprint density at radius 1 is 1.37 bits per heavy atom. The maximum atomic E-state index is 12.1. The van der Waals surface area contributed by atoms with Gasteiger partial charge in [0.05, 0.1) is 12.1 Å². The third-order valence-electron chi connectivity index (χ3n) is 4.07. The lowest BCUT2D eigenvalue weighted by Gasteiger charge is -2.04. The van der Waals surface area contributed by atoms with Gasteiger partial charge in [-0.25, -0.2) is 4.98 Å². The third-order valence-corrected chi connectivity index (χ3v) is 4.88. The van der Waals surface area contributed by atoms with Gasteiger partial charge in [0.25, 0.3) is 0 Å². The van der Waals surface area contributed by atoms with Crippen LogP contribution in [0.1, 0.15) is 31.4 Å². The largest absolute Gasteiger partial charge is 0.481 e. The normalized spacial score (nSPS) is 28.5. The van der Waals surface area contributed by atoms with Crippen LogP contribution in [0.5, 0.6) is 0 Å². The quantitative estimate of drug-likeness (QED) is 0.885. The second-order valence-corrected chi connectivity index (χ2v) is 6.20. The number of rotatable bonds is 4. The Bertz CT molecular complexity index is 502. The first kappa shape index (κ1) is 12.6. The summed E-state index contributed by atoms with van der Waals surface area (Å²) in [4.78, 5) is 26.8. The fourth-order valence-corrected chi connectivity index (χ4v) is 3.88. The number of hydrogen-bond acceptors (Lipinski definition) is 4. The van der Waals surface area contributed by atoms with Crippen molar-refractivity contribution in [3.63, 3.8) is 0 Å². The molecule has 1 aromatic rings. The summed E-state index contributed by atoms with van der Waals surface area (Å²) in [5, 5.41) is 13.7. The van der Waals surface area contributed by atoms with Gasteiger partial charge in [-0.15, -0.1) is 11.3 Å². The second-order valence-electron chi connectivity index (χ2n) is 5.34. The zero-order chi connectivity index (χ0) is 13.4. The molecule has 2 unspecified atom stereocenters. The van der Waals surface area contributed by atoms with Crippen LogP contribution in [-0.2, 0) is 16.0 Å². The number of carboxylic acid groups (broad SMARTS) is 1. The summed E-state index contributed by atoms with van der Waals surface area (Å²) in [6, 6.07) is 0. The van der Waals surface area contributed by atoms with Gasteiger partial charge in [-0.1, -0.05) is 12.8 Å². The van der Waals surface area contributed by atoms with Crippen molar-refractivity contribution in [1.29, 1.82) is 0 Å². The minimum atomic E-state index is -0.906. The molecular weight excluding hydrogens is 264 g/mol. The highest BCUT2D eigenvalue weighted by molar-refractivity contribution is 7.13. The maximum absolute atomic E-state index is 12.1. The van der Waals surface area contributed by atoms with Crippen LogP contribution >= 0.6 is 11.3 Å². The lowest BCUT2D eigenvalue weighted by Crippen LogP contribution is -2.15. The average Bonchev–Trinajstić information content (AvgIpc) is 2.95. The zero-order valence-corrected chi connectivity index (χ0v) is 11.3. The van der Waals surface area contributed by atoms with Gasteiger partial charge in [0.15, 0.2) is 5.13 Å². The molecule has 2 aliphatic carbocycles. The molecule has 3 rings (SSSR count). The molecule has 1 aromatic heterocycles. The van der Waals surface area contributed by atoms with Crippen LogP contribution in [0.25, 0.3) is 0 Å². The van der Waals surface area contributed by atoms with Crippen molar-refractivity contribution >= 4 is 28.3 Å². The molecule has 19 heavy (non-hydrogen) atoms. The molecule has 0 aromatic carbocycles. The van der Waals surface area contributed by atoms with Gasteiger partial charge in [0.2, 0.25) is 5.91 Å². The molecule has 0 aliphatic heterocycles. The lowest BCUT2D eigenvalue weighted by atomic mass is 10.0. The van der Waals surface area contributed by atoms with E-state index >= 15 is 0 Å². The van der Waals surface area contributed by atoms with Gasteiger partial charge in [-0.3, -0.25) is 9.59 Å². The van der Waals surface area contributed by atoms with Crippen LogP contribution in [0.15, 0.2) is 5.38 Å². The number of thiazole rings is 1. The first-order valence-corrected chi connectivity index (χ1v) is 7.50. The van der Waals surface area contributed by atoms with Gasteiger partial charge >= 0.3 is 5.97 Å². The summed E-state index contributed by atoms with van der Waals surface area (Å²) in [7, 11) is 0. The molecule has 0 bridgehead atoms. The number of nitrogens with one attached hydrogen (secondary N) is 1. The van der Waals surface area contributed by atoms with E-state index in [9.17, 15) is 9.59 Å². The third kappa shape index (κ3) is 2.63. The molecule has 0 radical (unpaired) electrons. The van der Waals surface area contributed by atoms with Gasteiger partial charge < -0.3 is 10.4 Å². The van der Waals surface area contributed by atoms with E-state index < -0.39 is 5.97 Å². The summed E-state index contributed by atoms with van der Waals surface area (Å²) >= 11 is 1.29. The summed E-state index contributed by atoms with van der Waals surface area (Å²) in [6.07, 6.45) is 4.73. The van der Waals surface area contributed by atoms with E-state index in [0.717, 1.165) is 0 Å². The zero-order valence-electron chi connectivity index (χ0n) is 10.5. The Hall–Kier alpha value is -1.43. The molecule has 0 saturated heterocycles. The number of aliphatic carboxylic acids is 1. The Kier molecular flexibility index (Phi) is 3.26. The van der Waals surface area contributed by atoms with Crippen molar-refractivity contribution in [2.45, 2.75) is 32.1 Å². The summed E-state index contributed by atoms with van der Waals surface area (Å²) in [5.41, 5.74) is 0.501. The molecule has 6 heteroatoms. The average molecular weight is 280 g/mol. The summed E-state index contributed by atoms with van der Waals surface area (Å²) in [6.45, 7) is 0. The number of amides is 1. The Morgan fingerprint density at radius 2 is 2.05 bits per heavy atom. The lowest BCUT2D eigenvalue weighted by molar-refractivity contribution is -0.136. The van der Waals surface area contributed by atoms with Crippen LogP contribution in [-0.4, -0.2) is 22.0 Å². The predicted molar refractivity (Wildman–Crippen MR) is 71.0 cm³/mol. The Morgan fingerprint density at radius 3 is 2.68 bits per heavy atom. The van der Waals surface area contributed by atoms with E-state index in [1.807, 2.05) is 0 Å². The minimum Gasteiger partial charge on any atom is -0.481 e. The molecule has 2 aliphatic rings. The fourth-order valence-electron chi connectivity index (χ4n) is 3.17. The van der Waals surface area contributed by atoms with E-state index in [1.54, 1.807) is 5.38 Å². The molecule has 5 nitrogen and oxygen atoms in total. The van der Waals surface area contributed by atoms with Crippen LogP contribution in [0, 0.1) is 17.8 Å². The molecule has 1 amide bonds. The minimum absolute atomic E-state index is 0.0631. The Balaban J connectivity index is 1.58. The topological polar surface area (TPSA) is 79.3 Å². The maximum Gasteiger partial charge on any atom is 0.309 e. The Labute approximate surface area is 115 Å². The van der Waals surface area contributed by atoms with Gasteiger partial charge in [0, 0.05) is 11.3 Å². The molecule has 1 heterocycles. The first-order chi connectivity index (χ1) is 9.15. The monoisotopic (exact) mass is 280 g/mol. The van der Waals surface area contributed by atoms with E-state index in [0.29, 0.717) is 22.7 Å². The first-order valence-electron chi connectivity index (χ1n) is 6.62. The van der Waals surface area contributed by atoms with Crippen molar-refractivity contribution in [3.8, 4) is 0 Å². The van der Waals surface area contributed by atoms with E-state index in [1.165, 1.54) is 37.0 Å². The molecule has 2 saturated carbocycles. The van der Waals surface area contributed by atoms with Crippen molar-refractivity contribution in [2.75, 3.05) is 5.32 Å². The van der Waals surface area contributed by atoms with Crippen LogP contribution in [0.2, 0.25) is 0 Å². The summed E-state index contributed by atoms with van der Waals surface area (Å²) < 4.78 is 0. The van der Waals surface area contributed by atoms with Crippen molar-refractivity contribution in [1.82, 2.24) is 4.98 Å². The molecular formula is C13H16N2O3S. The van der Waals surface area contributed by atoms with E-state index in [4.69, 9.17) is 5.11 Å². The molecule has 0 spiro atoms. The van der Waals surface area contributed by atoms with Gasteiger partial charge in [-0.2, -0.15) is 0 Å².